The van der Waals surface area contributed by atoms with Gasteiger partial charge in [0, 0.05) is 24.3 Å². The zero-order valence-electron chi connectivity index (χ0n) is 90.2. The molecule has 16 bridgehead atoms. The largest absolute Gasteiger partial charge is 2.00 e. The molecule has 0 aliphatic carbocycles. The first kappa shape index (κ1) is 114. The van der Waals surface area contributed by atoms with Crippen LogP contribution in [0.15, 0.2) is 133 Å². The van der Waals surface area contributed by atoms with Crippen molar-refractivity contribution in [1.29, 1.82) is 0 Å². The Morgan fingerprint density at radius 3 is 0.562 bits per heavy atom. The van der Waals surface area contributed by atoms with Gasteiger partial charge in [-0.25, -0.2) is 19.9 Å². The summed E-state index contributed by atoms with van der Waals surface area (Å²) in [6.07, 6.45) is 72.0. The van der Waals surface area contributed by atoms with Gasteiger partial charge in [-0.2, -0.15) is 0 Å². The monoisotopic (exact) mass is 2070 g/mol. The van der Waals surface area contributed by atoms with Gasteiger partial charge in [-0.15, -0.1) is 44.1 Å². The molecule has 770 valence electrons. The van der Waals surface area contributed by atoms with Crippen LogP contribution in [0.2, 0.25) is 0 Å². The number of hydrogen-bond acceptors (Lipinski definition) is 12. The molecule has 14 rings (SSSR count). The van der Waals surface area contributed by atoms with Crippen molar-refractivity contribution in [2.24, 2.45) is 0 Å². The van der Waals surface area contributed by atoms with E-state index < -0.39 is 0 Å². The van der Waals surface area contributed by atoms with E-state index >= 15 is 0 Å². The van der Waals surface area contributed by atoms with Crippen molar-refractivity contribution in [3.05, 3.63) is 179 Å². The van der Waals surface area contributed by atoms with E-state index in [0.29, 0.717) is 109 Å². The summed E-state index contributed by atoms with van der Waals surface area (Å²) >= 11 is 0. The van der Waals surface area contributed by atoms with Gasteiger partial charge in [0.15, 0.2) is 0 Å². The summed E-state index contributed by atoms with van der Waals surface area (Å²) in [5, 5.41) is 0. The fraction of sp³-hybridized carbons (Fsp3) is 0.500. The SMILES string of the molecule is CCCCCCCCOc1cc(OCCCCCCCC)cc(-c2c3nc(c(-c4c5nc(c(-c6cc(OCCCCCCCC)cc(OCCCCCCCC)c6)c6ccc(cc7nc(c(-c8cc(OCCCCCCCC)cc(OCCCCCCCC)c8)c8ccc4[n-]8)C=C7)[n-]6)C=C5)c4ccc([n-]4)c(-c4cc(OCCCCCCCC)cc(OCCCCCCCC)c4)c4nc(cc5ccc2[n-]5)C=C4)C=C3)c1.[Zn+2].[Zn+2]. The molecule has 0 amide bonds. The van der Waals surface area contributed by atoms with Crippen LogP contribution in [0.4, 0.5) is 0 Å². The Hall–Kier alpha value is -10.3. The van der Waals surface area contributed by atoms with Gasteiger partial charge in [0.05, 0.1) is 98.4 Å². The predicted octanol–water partition coefficient (Wildman–Crippen LogP) is 36.4. The third kappa shape index (κ3) is 35.5. The first-order valence-electron chi connectivity index (χ1n) is 56.8. The van der Waals surface area contributed by atoms with Crippen LogP contribution in [0.5, 0.6) is 46.0 Å². The molecule has 4 aliphatic heterocycles. The summed E-state index contributed by atoms with van der Waals surface area (Å²) in [5.41, 5.74) is 19.3. The van der Waals surface area contributed by atoms with Crippen molar-refractivity contribution < 1.29 is 76.9 Å². The van der Waals surface area contributed by atoms with Crippen LogP contribution in [-0.2, 0) is 39.0 Å². The maximum atomic E-state index is 6.90. The van der Waals surface area contributed by atoms with Gasteiger partial charge in [-0.3, -0.25) is 0 Å². The molecule has 10 aromatic rings. The molecule has 0 N–H and O–H groups in total. The molecule has 0 spiro atoms. The van der Waals surface area contributed by atoms with Gasteiger partial charge in [0.2, 0.25) is 0 Å². The van der Waals surface area contributed by atoms with E-state index in [1.54, 1.807) is 0 Å². The Balaban J connectivity index is 0.00000948. The van der Waals surface area contributed by atoms with Crippen molar-refractivity contribution in [2.45, 2.75) is 364 Å². The van der Waals surface area contributed by atoms with Gasteiger partial charge < -0.3 is 57.8 Å². The van der Waals surface area contributed by atoms with E-state index in [4.69, 9.17) is 77.8 Å². The minimum absolute atomic E-state index is 0. The average Bonchev–Trinajstić information content (AvgIpc) is 1.60. The van der Waals surface area contributed by atoms with E-state index in [0.717, 1.165) is 238 Å². The second kappa shape index (κ2) is 64.2. The third-order valence-electron chi connectivity index (χ3n) is 27.9. The molecule has 0 fully saturated rings. The van der Waals surface area contributed by atoms with Crippen LogP contribution >= 0.6 is 0 Å². The first-order chi connectivity index (χ1) is 71.1. The molecule has 0 saturated carbocycles. The van der Waals surface area contributed by atoms with Gasteiger partial charge in [-0.1, -0.05) is 373 Å². The maximum Gasteiger partial charge on any atom is 2.00 e. The number of benzene rings is 4. The predicted molar refractivity (Wildman–Crippen MR) is 605 cm³/mol. The van der Waals surface area contributed by atoms with Gasteiger partial charge in [-0.05, 0) is 204 Å². The Kier molecular flexibility index (Phi) is 50.3. The Morgan fingerprint density at radius 1 is 0.171 bits per heavy atom. The van der Waals surface area contributed by atoms with E-state index in [1.165, 1.54) is 205 Å². The van der Waals surface area contributed by atoms with Crippen LogP contribution in [0.1, 0.15) is 409 Å². The van der Waals surface area contributed by atoms with Gasteiger partial charge >= 0.3 is 39.0 Å². The Labute approximate surface area is 899 Å². The number of nitrogens with zero attached hydrogens (tertiary/aromatic N) is 8. The molecule has 16 nitrogen and oxygen atoms in total. The van der Waals surface area contributed by atoms with Crippen LogP contribution < -0.4 is 57.8 Å². The second-order valence-electron chi connectivity index (χ2n) is 40.1. The molecule has 146 heavy (non-hydrogen) atoms. The van der Waals surface area contributed by atoms with Crippen molar-refractivity contribution >= 4 is 92.7 Å². The average molecular weight is 2080 g/mol. The molecule has 10 heterocycles. The molecule has 0 atom stereocenters. The molecular weight excluding hydrogens is 1910 g/mol. The zero-order chi connectivity index (χ0) is 99.8. The number of aromatic nitrogens is 8. The molecular formula is C128H166N8O8Zn2. The summed E-state index contributed by atoms with van der Waals surface area (Å²) in [7, 11) is 0. The second-order valence-corrected chi connectivity index (χ2v) is 40.1. The number of hydrogen-bond donors (Lipinski definition) is 0. The van der Waals surface area contributed by atoms with Crippen molar-refractivity contribution in [2.75, 3.05) is 52.9 Å². The topological polar surface area (TPSA) is 182 Å². The van der Waals surface area contributed by atoms with Crippen molar-refractivity contribution in [3.8, 4) is 102 Å². The van der Waals surface area contributed by atoms with Crippen LogP contribution in [-0.4, -0.2) is 72.8 Å². The number of fused-ring (bicyclic) bond motifs is 16. The maximum absolute atomic E-state index is 6.90. The fourth-order valence-electron chi connectivity index (χ4n) is 19.8. The van der Waals surface area contributed by atoms with E-state index in [1.807, 2.05) is 0 Å². The summed E-state index contributed by atoms with van der Waals surface area (Å²) in [6.45, 7) is 22.8. The quantitative estimate of drug-likeness (QED) is 0.0259. The zero-order valence-corrected chi connectivity index (χ0v) is 96.1. The van der Waals surface area contributed by atoms with Crippen LogP contribution in [0.3, 0.4) is 0 Å². The fourth-order valence-corrected chi connectivity index (χ4v) is 19.8. The van der Waals surface area contributed by atoms with E-state index in [2.05, 4.69) is 237 Å². The van der Waals surface area contributed by atoms with Crippen molar-refractivity contribution in [3.63, 3.8) is 0 Å². The molecule has 0 unspecified atom stereocenters. The molecule has 6 aromatic heterocycles. The Morgan fingerprint density at radius 2 is 0.342 bits per heavy atom. The van der Waals surface area contributed by atoms with Crippen LogP contribution in [0, 0.1) is 0 Å². The molecule has 4 aliphatic rings. The number of unbranched alkanes of at least 4 members (excludes halogenated alkanes) is 40. The number of ether oxygens (including phenoxy) is 8. The summed E-state index contributed by atoms with van der Waals surface area (Å²) in [4.78, 5) is 46.8. The summed E-state index contributed by atoms with van der Waals surface area (Å²) in [5.74, 6) is 5.85. The minimum atomic E-state index is 0. The van der Waals surface area contributed by atoms with Gasteiger partial charge in [0.1, 0.15) is 46.0 Å². The minimum Gasteiger partial charge on any atom is -0.657 e. The first-order valence-corrected chi connectivity index (χ1v) is 56.8. The Bertz CT molecular complexity index is 5460. The van der Waals surface area contributed by atoms with Gasteiger partial charge in [0.25, 0.3) is 0 Å². The van der Waals surface area contributed by atoms with Crippen molar-refractivity contribution in [1.82, 2.24) is 39.9 Å². The molecule has 18 heteroatoms. The number of rotatable bonds is 69. The van der Waals surface area contributed by atoms with E-state index in [-0.39, 0.29) is 39.0 Å². The molecule has 0 saturated heterocycles. The smallest absolute Gasteiger partial charge is 0.657 e. The molecule has 4 aromatic carbocycles. The summed E-state index contributed by atoms with van der Waals surface area (Å²) in [6, 6.07) is 46.8. The van der Waals surface area contributed by atoms with Crippen LogP contribution in [0.25, 0.3) is 148 Å². The summed E-state index contributed by atoms with van der Waals surface area (Å²) < 4.78 is 55.2. The normalized spacial score (nSPS) is 11.9. The third-order valence-corrected chi connectivity index (χ3v) is 27.9. The standard InChI is InChI=1S/C128H166N8O8.2Zn/c1-9-17-25-33-41-49-73-137-103-81-95(82-104(91-103)138-74-50-42-34-26-18-10-2)123-111-61-57-99(129-111)89-100-58-62-112(130-100)124(96-83-105(139-75-51-43-35-27-19-11-3)92-106(84-96)140-76-52-44-36-28-20-12-4)116-66-70-120(134-116)127(119-69-65-115(123)133-119)128-121-71-67-117(135-121)125(97-85-107(141-77-53-45-37-29-21-13-5)93-108(86-97)142-78-54-46-38-30-22-14-6)113-63-59-101(131-113)90-102-60-64-114(132-102)126(118-68-72-122(128)136-118)98-87-109(143-79-55-47-39-31-23-15-7)94-110(88-98)144-80-56-48-40-32-24-16-8;;/h57-72,81-94H,9-56,73-80H2,1-8H3;;/q-4;2*+2. The molecule has 0 radical (unpaired) electrons. The van der Waals surface area contributed by atoms with E-state index in [9.17, 15) is 0 Å².